The Morgan fingerprint density at radius 3 is 2.20 bits per heavy atom. The number of hydrogen-bond donors (Lipinski definition) is 2. The second-order valence-electron chi connectivity index (χ2n) is 4.07. The van der Waals surface area contributed by atoms with E-state index in [1.165, 1.54) is 12.1 Å². The van der Waals surface area contributed by atoms with Crippen LogP contribution in [-0.2, 0) is 4.79 Å². The number of aliphatic carboxylic acids is 1. The number of rotatable bonds is 4. The average Bonchev–Trinajstić information content (AvgIpc) is 2.42. The van der Waals surface area contributed by atoms with Crippen molar-refractivity contribution in [3.63, 3.8) is 0 Å². The number of benzene rings is 2. The third-order valence-electron chi connectivity index (χ3n) is 2.69. The first kappa shape index (κ1) is 13.9. The van der Waals surface area contributed by atoms with Crippen LogP contribution in [0.1, 0.15) is 11.6 Å². The van der Waals surface area contributed by atoms with Crippen LogP contribution in [0.25, 0.3) is 0 Å². The molecule has 2 N–H and O–H groups in total. The molecule has 0 spiro atoms. The maximum absolute atomic E-state index is 13.5. The zero-order valence-corrected chi connectivity index (χ0v) is 10.1. The van der Waals surface area contributed by atoms with Gasteiger partial charge in [-0.05, 0) is 5.56 Å². The van der Waals surface area contributed by atoms with E-state index in [-0.39, 0.29) is 0 Å². The molecular weight excluding hydrogens is 271 g/mol. The standard InChI is InChI=1S/C14H10F3NO2/c15-9-6-11(17)12(7-10(9)16)18-13(14(19)20)8-4-2-1-3-5-8/h1-7,13,18H,(H,19,20). The molecule has 0 fully saturated rings. The molecule has 2 rings (SSSR count). The summed E-state index contributed by atoms with van der Waals surface area (Å²) >= 11 is 0. The normalized spacial score (nSPS) is 11.9. The number of nitrogens with one attached hydrogen (secondary N) is 1. The molecule has 0 saturated heterocycles. The van der Waals surface area contributed by atoms with Crippen molar-refractivity contribution in [1.29, 1.82) is 0 Å². The Hall–Kier alpha value is -2.50. The number of carbonyl (C=O) groups is 1. The number of anilines is 1. The van der Waals surface area contributed by atoms with Crippen molar-refractivity contribution in [1.82, 2.24) is 0 Å². The van der Waals surface area contributed by atoms with Gasteiger partial charge < -0.3 is 10.4 Å². The summed E-state index contributed by atoms with van der Waals surface area (Å²) in [5, 5.41) is 11.5. The van der Waals surface area contributed by atoms with Crippen LogP contribution >= 0.6 is 0 Å². The molecule has 6 heteroatoms. The van der Waals surface area contributed by atoms with Gasteiger partial charge in [0.15, 0.2) is 17.7 Å². The topological polar surface area (TPSA) is 49.3 Å². The highest BCUT2D eigenvalue weighted by Crippen LogP contribution is 2.24. The SMILES string of the molecule is O=C(O)C(Nc1cc(F)c(F)cc1F)c1ccccc1. The fourth-order valence-corrected chi connectivity index (χ4v) is 1.72. The lowest BCUT2D eigenvalue weighted by Gasteiger charge is -2.16. The highest BCUT2D eigenvalue weighted by atomic mass is 19.2. The molecule has 104 valence electrons. The summed E-state index contributed by atoms with van der Waals surface area (Å²) in [4.78, 5) is 11.2. The van der Waals surface area contributed by atoms with Crippen LogP contribution in [0.15, 0.2) is 42.5 Å². The molecule has 3 nitrogen and oxygen atoms in total. The maximum Gasteiger partial charge on any atom is 0.330 e. The van der Waals surface area contributed by atoms with Gasteiger partial charge in [0.1, 0.15) is 5.82 Å². The lowest BCUT2D eigenvalue weighted by molar-refractivity contribution is -0.138. The lowest BCUT2D eigenvalue weighted by atomic mass is 10.1. The molecular formula is C14H10F3NO2. The molecule has 2 aromatic rings. The van der Waals surface area contributed by atoms with Crippen molar-refractivity contribution < 1.29 is 23.1 Å². The van der Waals surface area contributed by atoms with Crippen LogP contribution in [-0.4, -0.2) is 11.1 Å². The van der Waals surface area contributed by atoms with Gasteiger partial charge in [-0.3, -0.25) is 0 Å². The summed E-state index contributed by atoms with van der Waals surface area (Å²) in [6, 6.07) is 7.68. The zero-order valence-electron chi connectivity index (χ0n) is 10.1. The van der Waals surface area contributed by atoms with Gasteiger partial charge in [-0.1, -0.05) is 30.3 Å². The minimum absolute atomic E-state index is 0.363. The molecule has 0 aliphatic heterocycles. The Kier molecular flexibility index (Phi) is 3.93. The van der Waals surface area contributed by atoms with E-state index >= 15 is 0 Å². The summed E-state index contributed by atoms with van der Waals surface area (Å²) < 4.78 is 39.4. The molecule has 2 aromatic carbocycles. The van der Waals surface area contributed by atoms with E-state index in [1.807, 2.05) is 0 Å². The Morgan fingerprint density at radius 1 is 1.00 bits per heavy atom. The molecule has 0 aliphatic carbocycles. The summed E-state index contributed by atoms with van der Waals surface area (Å²) in [5.74, 6) is -4.92. The van der Waals surface area contributed by atoms with Gasteiger partial charge in [0.25, 0.3) is 0 Å². The Labute approximate surface area is 112 Å². The van der Waals surface area contributed by atoms with Gasteiger partial charge in [0.05, 0.1) is 5.69 Å². The highest BCUT2D eigenvalue weighted by Gasteiger charge is 2.21. The number of carboxylic acids is 1. The second-order valence-corrected chi connectivity index (χ2v) is 4.07. The molecule has 0 saturated carbocycles. The zero-order chi connectivity index (χ0) is 14.7. The molecule has 0 radical (unpaired) electrons. The van der Waals surface area contributed by atoms with Crippen LogP contribution in [0.2, 0.25) is 0 Å². The molecule has 0 heterocycles. The van der Waals surface area contributed by atoms with E-state index in [0.717, 1.165) is 0 Å². The first-order valence-electron chi connectivity index (χ1n) is 5.68. The minimum Gasteiger partial charge on any atom is -0.479 e. The predicted octanol–water partition coefficient (Wildman–Crippen LogP) is 3.34. The molecule has 0 aliphatic rings. The van der Waals surface area contributed by atoms with Crippen LogP contribution in [0.4, 0.5) is 18.9 Å². The minimum atomic E-state index is -1.33. The van der Waals surface area contributed by atoms with Gasteiger partial charge >= 0.3 is 5.97 Å². The van der Waals surface area contributed by atoms with Crippen molar-refractivity contribution in [2.75, 3.05) is 5.32 Å². The lowest BCUT2D eigenvalue weighted by Crippen LogP contribution is -2.21. The fraction of sp³-hybridized carbons (Fsp3) is 0.0714. The van der Waals surface area contributed by atoms with Gasteiger partial charge in [-0.25, -0.2) is 18.0 Å². The summed E-state index contributed by atoms with van der Waals surface area (Å²) in [7, 11) is 0. The van der Waals surface area contributed by atoms with E-state index in [1.54, 1.807) is 18.2 Å². The Bertz CT molecular complexity index is 632. The van der Waals surface area contributed by atoms with Crippen molar-refractivity contribution in [2.24, 2.45) is 0 Å². The van der Waals surface area contributed by atoms with Crippen molar-refractivity contribution in [3.8, 4) is 0 Å². The van der Waals surface area contributed by atoms with Gasteiger partial charge in [0, 0.05) is 12.1 Å². The summed E-state index contributed by atoms with van der Waals surface area (Å²) in [6.07, 6.45) is 0. The molecule has 0 aromatic heterocycles. The molecule has 1 unspecified atom stereocenters. The highest BCUT2D eigenvalue weighted by molar-refractivity contribution is 5.79. The second kappa shape index (κ2) is 5.64. The van der Waals surface area contributed by atoms with Crippen LogP contribution in [0.3, 0.4) is 0 Å². The number of carboxylic acid groups (broad SMARTS) is 1. The van der Waals surface area contributed by atoms with E-state index in [2.05, 4.69) is 5.32 Å². The maximum atomic E-state index is 13.5. The smallest absolute Gasteiger partial charge is 0.330 e. The van der Waals surface area contributed by atoms with E-state index in [4.69, 9.17) is 5.11 Å². The van der Waals surface area contributed by atoms with Gasteiger partial charge in [-0.15, -0.1) is 0 Å². The first-order chi connectivity index (χ1) is 9.49. The van der Waals surface area contributed by atoms with E-state index < -0.39 is 35.2 Å². The van der Waals surface area contributed by atoms with Crippen LogP contribution < -0.4 is 5.32 Å². The molecule has 0 bridgehead atoms. The Balaban J connectivity index is 2.35. The number of hydrogen-bond acceptors (Lipinski definition) is 2. The number of halogens is 3. The predicted molar refractivity (Wildman–Crippen MR) is 66.8 cm³/mol. The Morgan fingerprint density at radius 2 is 1.60 bits per heavy atom. The molecule has 0 amide bonds. The third kappa shape index (κ3) is 2.90. The first-order valence-corrected chi connectivity index (χ1v) is 5.68. The van der Waals surface area contributed by atoms with E-state index in [0.29, 0.717) is 17.7 Å². The van der Waals surface area contributed by atoms with Gasteiger partial charge in [0.2, 0.25) is 0 Å². The van der Waals surface area contributed by atoms with E-state index in [9.17, 15) is 18.0 Å². The average molecular weight is 281 g/mol. The summed E-state index contributed by atoms with van der Waals surface area (Å²) in [6.45, 7) is 0. The van der Waals surface area contributed by atoms with Crippen molar-refractivity contribution in [3.05, 3.63) is 65.5 Å². The third-order valence-corrected chi connectivity index (χ3v) is 2.69. The van der Waals surface area contributed by atoms with Gasteiger partial charge in [-0.2, -0.15) is 0 Å². The largest absolute Gasteiger partial charge is 0.479 e. The monoisotopic (exact) mass is 281 g/mol. The van der Waals surface area contributed by atoms with Crippen LogP contribution in [0.5, 0.6) is 0 Å². The molecule has 20 heavy (non-hydrogen) atoms. The fourth-order valence-electron chi connectivity index (χ4n) is 1.72. The van der Waals surface area contributed by atoms with Crippen molar-refractivity contribution in [2.45, 2.75) is 6.04 Å². The molecule has 1 atom stereocenters. The van der Waals surface area contributed by atoms with Crippen molar-refractivity contribution >= 4 is 11.7 Å². The quantitative estimate of drug-likeness (QED) is 0.845. The van der Waals surface area contributed by atoms with Crippen LogP contribution in [0, 0.1) is 17.5 Å². The summed E-state index contributed by atoms with van der Waals surface area (Å²) in [5.41, 5.74) is -0.0516.